The van der Waals surface area contributed by atoms with Gasteiger partial charge in [-0.25, -0.2) is 0 Å². The lowest BCUT2D eigenvalue weighted by Crippen LogP contribution is -2.28. The largest absolute Gasteiger partial charge is 0.466 e. The summed E-state index contributed by atoms with van der Waals surface area (Å²) in [4.78, 5) is 23.1. The van der Waals surface area contributed by atoms with Crippen molar-refractivity contribution in [3.05, 3.63) is 35.4 Å². The van der Waals surface area contributed by atoms with Crippen molar-refractivity contribution in [1.82, 2.24) is 5.32 Å². The van der Waals surface area contributed by atoms with E-state index in [2.05, 4.69) is 5.32 Å². The van der Waals surface area contributed by atoms with Crippen LogP contribution in [0.2, 0.25) is 0 Å². The number of esters is 1. The van der Waals surface area contributed by atoms with Crippen molar-refractivity contribution in [2.75, 3.05) is 13.2 Å². The van der Waals surface area contributed by atoms with Gasteiger partial charge in [0.25, 0.3) is 0 Å². The fourth-order valence-corrected chi connectivity index (χ4v) is 2.45. The first-order valence-corrected chi connectivity index (χ1v) is 7.43. The van der Waals surface area contributed by atoms with Crippen LogP contribution < -0.4 is 5.32 Å². The van der Waals surface area contributed by atoms with Crippen molar-refractivity contribution < 1.29 is 27.5 Å². The highest BCUT2D eigenvalue weighted by Gasteiger charge is 2.44. The van der Waals surface area contributed by atoms with Crippen LogP contribution in [0.15, 0.2) is 24.3 Å². The minimum absolute atomic E-state index is 0.0839. The van der Waals surface area contributed by atoms with E-state index in [1.54, 1.807) is 13.0 Å². The number of rotatable bonds is 6. The van der Waals surface area contributed by atoms with E-state index in [9.17, 15) is 22.8 Å². The minimum Gasteiger partial charge on any atom is -0.466 e. The highest BCUT2D eigenvalue weighted by molar-refractivity contribution is 5.83. The molecule has 0 spiro atoms. The van der Waals surface area contributed by atoms with Gasteiger partial charge in [-0.3, -0.25) is 9.59 Å². The van der Waals surface area contributed by atoms with Crippen LogP contribution in [-0.2, 0) is 20.5 Å². The van der Waals surface area contributed by atoms with E-state index < -0.39 is 17.7 Å². The molecule has 4 nitrogen and oxygen atoms in total. The van der Waals surface area contributed by atoms with E-state index in [-0.39, 0.29) is 37.3 Å². The summed E-state index contributed by atoms with van der Waals surface area (Å²) in [6.07, 6.45) is -3.78. The van der Waals surface area contributed by atoms with E-state index in [0.717, 1.165) is 12.1 Å². The molecule has 1 fully saturated rings. The maximum Gasteiger partial charge on any atom is 0.416 e. The normalized spacial score (nSPS) is 20.0. The van der Waals surface area contributed by atoms with Gasteiger partial charge in [-0.1, -0.05) is 18.2 Å². The predicted octanol–water partition coefficient (Wildman–Crippen LogP) is 2.88. The molecule has 2 rings (SSSR count). The second-order valence-corrected chi connectivity index (χ2v) is 5.42. The third-order valence-electron chi connectivity index (χ3n) is 3.70. The van der Waals surface area contributed by atoms with Gasteiger partial charge >= 0.3 is 12.1 Å². The zero-order valence-corrected chi connectivity index (χ0v) is 12.7. The topological polar surface area (TPSA) is 55.4 Å². The molecular weight excluding hydrogens is 311 g/mol. The highest BCUT2D eigenvalue weighted by atomic mass is 19.4. The molecule has 0 aromatic heterocycles. The molecule has 2 atom stereocenters. The Bertz CT molecular complexity index is 586. The summed E-state index contributed by atoms with van der Waals surface area (Å²) in [6.45, 7) is 2.15. The quantitative estimate of drug-likeness (QED) is 0.817. The SMILES string of the molecule is CCOC(=O)CCNC(=O)C1CC1c1cccc(C(F)(F)F)c1. The van der Waals surface area contributed by atoms with E-state index in [1.807, 2.05) is 0 Å². The molecule has 0 saturated heterocycles. The zero-order chi connectivity index (χ0) is 17.0. The first-order valence-electron chi connectivity index (χ1n) is 7.43. The predicted molar refractivity (Wildman–Crippen MR) is 76.6 cm³/mol. The number of carbonyl (C=O) groups is 2. The number of benzene rings is 1. The highest BCUT2D eigenvalue weighted by Crippen LogP contribution is 2.48. The summed E-state index contributed by atoms with van der Waals surface area (Å²) in [6, 6.07) is 5.06. The standard InChI is InChI=1S/C16H18F3NO3/c1-2-23-14(21)6-7-20-15(22)13-9-12(13)10-4-3-5-11(8-10)16(17,18)19/h3-5,8,12-13H,2,6-7,9H2,1H3,(H,20,22). The molecule has 23 heavy (non-hydrogen) atoms. The third-order valence-corrected chi connectivity index (χ3v) is 3.70. The summed E-state index contributed by atoms with van der Waals surface area (Å²) in [5.41, 5.74) is -0.186. The summed E-state index contributed by atoms with van der Waals surface area (Å²) in [5.74, 6) is -1.16. The average Bonchev–Trinajstić information content (AvgIpc) is 3.27. The molecule has 1 aliphatic rings. The third kappa shape index (κ3) is 4.71. The minimum atomic E-state index is -4.39. The van der Waals surface area contributed by atoms with Gasteiger partial charge in [-0.05, 0) is 30.9 Å². The van der Waals surface area contributed by atoms with Crippen molar-refractivity contribution in [3.8, 4) is 0 Å². The van der Waals surface area contributed by atoms with Crippen LogP contribution in [0.1, 0.15) is 36.8 Å². The Labute approximate surface area is 132 Å². The number of ether oxygens (including phenoxy) is 1. The second kappa shape index (κ2) is 7.02. The van der Waals surface area contributed by atoms with E-state index in [0.29, 0.717) is 12.0 Å². The zero-order valence-electron chi connectivity index (χ0n) is 12.7. The molecule has 1 aromatic carbocycles. The van der Waals surface area contributed by atoms with Crippen LogP contribution in [0, 0.1) is 5.92 Å². The Balaban J connectivity index is 1.85. The average molecular weight is 329 g/mol. The molecule has 0 aliphatic heterocycles. The number of hydrogen-bond acceptors (Lipinski definition) is 3. The number of halogens is 3. The fourth-order valence-electron chi connectivity index (χ4n) is 2.45. The molecule has 1 amide bonds. The van der Waals surface area contributed by atoms with Gasteiger partial charge in [-0.15, -0.1) is 0 Å². The molecule has 1 saturated carbocycles. The van der Waals surface area contributed by atoms with Gasteiger partial charge in [0.05, 0.1) is 18.6 Å². The molecule has 1 N–H and O–H groups in total. The number of carbonyl (C=O) groups excluding carboxylic acids is 2. The van der Waals surface area contributed by atoms with E-state index >= 15 is 0 Å². The van der Waals surface area contributed by atoms with Crippen molar-refractivity contribution in [1.29, 1.82) is 0 Å². The first-order chi connectivity index (χ1) is 10.8. The first kappa shape index (κ1) is 17.3. The Morgan fingerprint density at radius 3 is 2.74 bits per heavy atom. The molecule has 2 unspecified atom stereocenters. The van der Waals surface area contributed by atoms with Crippen LogP contribution in [0.4, 0.5) is 13.2 Å². The van der Waals surface area contributed by atoms with Crippen molar-refractivity contribution >= 4 is 11.9 Å². The smallest absolute Gasteiger partial charge is 0.416 e. The Hall–Kier alpha value is -2.05. The maximum atomic E-state index is 12.7. The van der Waals surface area contributed by atoms with Crippen LogP contribution in [0.5, 0.6) is 0 Å². The van der Waals surface area contributed by atoms with Crippen molar-refractivity contribution in [2.24, 2.45) is 5.92 Å². The fraction of sp³-hybridized carbons (Fsp3) is 0.500. The van der Waals surface area contributed by atoms with Gasteiger partial charge in [0.2, 0.25) is 5.91 Å². The molecule has 7 heteroatoms. The molecule has 0 heterocycles. The monoisotopic (exact) mass is 329 g/mol. The molecule has 126 valence electrons. The van der Waals surface area contributed by atoms with Crippen LogP contribution in [0.3, 0.4) is 0 Å². The van der Waals surface area contributed by atoms with Crippen molar-refractivity contribution in [3.63, 3.8) is 0 Å². The molecule has 0 bridgehead atoms. The number of amides is 1. The number of nitrogens with one attached hydrogen (secondary N) is 1. The Morgan fingerprint density at radius 2 is 2.09 bits per heavy atom. The Morgan fingerprint density at radius 1 is 1.35 bits per heavy atom. The second-order valence-electron chi connectivity index (χ2n) is 5.42. The molecular formula is C16H18F3NO3. The number of alkyl halides is 3. The summed E-state index contributed by atoms with van der Waals surface area (Å²) < 4.78 is 42.8. The van der Waals surface area contributed by atoms with Crippen LogP contribution >= 0.6 is 0 Å². The Kier molecular flexibility index (Phi) is 5.28. The van der Waals surface area contributed by atoms with Crippen LogP contribution in [-0.4, -0.2) is 25.0 Å². The summed E-state index contributed by atoms with van der Waals surface area (Å²) >= 11 is 0. The molecule has 1 aliphatic carbocycles. The number of hydrogen-bond donors (Lipinski definition) is 1. The van der Waals surface area contributed by atoms with Gasteiger partial charge in [0.1, 0.15) is 0 Å². The molecule has 1 aromatic rings. The van der Waals surface area contributed by atoms with E-state index in [4.69, 9.17) is 4.74 Å². The lowest BCUT2D eigenvalue weighted by atomic mass is 10.1. The van der Waals surface area contributed by atoms with Gasteiger partial charge in [0, 0.05) is 12.5 Å². The lowest BCUT2D eigenvalue weighted by molar-refractivity contribution is -0.143. The van der Waals surface area contributed by atoms with Gasteiger partial charge in [0.15, 0.2) is 0 Å². The molecule has 0 radical (unpaired) electrons. The van der Waals surface area contributed by atoms with Crippen molar-refractivity contribution in [2.45, 2.75) is 31.9 Å². The maximum absolute atomic E-state index is 12.7. The van der Waals surface area contributed by atoms with E-state index in [1.165, 1.54) is 6.07 Å². The van der Waals surface area contributed by atoms with Crippen LogP contribution in [0.25, 0.3) is 0 Å². The van der Waals surface area contributed by atoms with Gasteiger partial charge < -0.3 is 10.1 Å². The summed E-state index contributed by atoms with van der Waals surface area (Å²) in [7, 11) is 0. The van der Waals surface area contributed by atoms with Gasteiger partial charge in [-0.2, -0.15) is 13.2 Å². The lowest BCUT2D eigenvalue weighted by Gasteiger charge is -2.09. The summed E-state index contributed by atoms with van der Waals surface area (Å²) in [5, 5.41) is 2.62.